The fraction of sp³-hybridized carbons (Fsp3) is 0.300. The molecule has 3 rings (SSSR count). The molecule has 1 aromatic heterocycles. The highest BCUT2D eigenvalue weighted by molar-refractivity contribution is 5.76. The molecule has 1 N–H and O–H groups in total. The number of rotatable bonds is 7. The van der Waals surface area contributed by atoms with E-state index in [-0.39, 0.29) is 6.04 Å². The number of fused-ring (bicyclic) bond motifs is 1. The van der Waals surface area contributed by atoms with Gasteiger partial charge in [0.1, 0.15) is 23.9 Å². The van der Waals surface area contributed by atoms with E-state index >= 15 is 0 Å². The molecule has 1 heterocycles. The molecule has 142 valence electrons. The lowest BCUT2D eigenvalue weighted by Gasteiger charge is -2.16. The van der Waals surface area contributed by atoms with Crippen molar-refractivity contribution in [3.63, 3.8) is 0 Å². The number of ether oxygens (including phenoxy) is 3. The van der Waals surface area contributed by atoms with E-state index < -0.39 is 6.09 Å². The largest absolute Gasteiger partial charge is 0.497 e. The van der Waals surface area contributed by atoms with Gasteiger partial charge in [0.15, 0.2) is 0 Å². The van der Waals surface area contributed by atoms with Crippen molar-refractivity contribution in [3.8, 4) is 11.5 Å². The summed E-state index contributed by atoms with van der Waals surface area (Å²) in [4.78, 5) is 16.2. The van der Waals surface area contributed by atoms with Crippen molar-refractivity contribution in [1.29, 1.82) is 0 Å². The van der Waals surface area contributed by atoms with Gasteiger partial charge in [0, 0.05) is 6.07 Å². The summed E-state index contributed by atoms with van der Waals surface area (Å²) in [5, 5.41) is 2.77. The minimum atomic E-state index is -0.492. The van der Waals surface area contributed by atoms with E-state index in [2.05, 4.69) is 14.9 Å². The number of imidazole rings is 1. The van der Waals surface area contributed by atoms with Crippen molar-refractivity contribution in [3.05, 3.63) is 54.4 Å². The van der Waals surface area contributed by atoms with Crippen molar-refractivity contribution in [2.45, 2.75) is 19.5 Å². The average Bonchev–Trinajstić information content (AvgIpc) is 3.07. The number of hydrogen-bond donors (Lipinski definition) is 1. The van der Waals surface area contributed by atoms with Gasteiger partial charge in [-0.2, -0.15) is 0 Å². The van der Waals surface area contributed by atoms with Crippen LogP contribution < -0.4 is 14.8 Å². The third-order valence-corrected chi connectivity index (χ3v) is 4.22. The molecule has 0 aliphatic rings. The second kappa shape index (κ2) is 8.44. The van der Waals surface area contributed by atoms with Gasteiger partial charge in [-0.25, -0.2) is 9.78 Å². The number of methoxy groups -OCH3 is 2. The van der Waals surface area contributed by atoms with Gasteiger partial charge in [0.2, 0.25) is 0 Å². The Hall–Kier alpha value is -3.22. The highest BCUT2D eigenvalue weighted by Crippen LogP contribution is 2.22. The molecule has 0 saturated heterocycles. The molecule has 0 spiro atoms. The van der Waals surface area contributed by atoms with Crippen LogP contribution in [-0.2, 0) is 11.3 Å². The van der Waals surface area contributed by atoms with Crippen LogP contribution in [0.3, 0.4) is 0 Å². The third-order valence-electron chi connectivity index (χ3n) is 4.22. The molecule has 0 bridgehead atoms. The fourth-order valence-corrected chi connectivity index (χ4v) is 2.91. The Morgan fingerprint density at radius 2 is 1.93 bits per heavy atom. The zero-order chi connectivity index (χ0) is 19.2. The first-order valence-corrected chi connectivity index (χ1v) is 8.69. The Kier molecular flexibility index (Phi) is 5.80. The second-order valence-electron chi connectivity index (χ2n) is 6.00. The van der Waals surface area contributed by atoms with E-state index in [4.69, 9.17) is 14.2 Å². The van der Waals surface area contributed by atoms with Crippen molar-refractivity contribution in [1.82, 2.24) is 14.9 Å². The molecule has 1 unspecified atom stereocenters. The van der Waals surface area contributed by atoms with Crippen molar-refractivity contribution < 1.29 is 19.0 Å². The molecular formula is C20H23N3O4. The van der Waals surface area contributed by atoms with Crippen LogP contribution in [0.25, 0.3) is 11.0 Å². The van der Waals surface area contributed by atoms with Crippen LogP contribution in [0, 0.1) is 0 Å². The van der Waals surface area contributed by atoms with Gasteiger partial charge in [-0.3, -0.25) is 0 Å². The smallest absolute Gasteiger partial charge is 0.407 e. The van der Waals surface area contributed by atoms with Crippen LogP contribution in [-0.4, -0.2) is 36.5 Å². The number of carbonyl (C=O) groups is 1. The Bertz CT molecular complexity index is 922. The molecule has 1 atom stereocenters. The Morgan fingerprint density at radius 1 is 1.15 bits per heavy atom. The van der Waals surface area contributed by atoms with Crippen LogP contribution in [0.2, 0.25) is 0 Å². The van der Waals surface area contributed by atoms with Crippen LogP contribution in [0.5, 0.6) is 11.5 Å². The lowest BCUT2D eigenvalue weighted by atomic mass is 10.3. The lowest BCUT2D eigenvalue weighted by Crippen LogP contribution is -2.28. The summed E-state index contributed by atoms with van der Waals surface area (Å²) in [5.41, 5.74) is 1.85. The maximum atomic E-state index is 11.6. The first kappa shape index (κ1) is 18.6. The Balaban J connectivity index is 1.79. The van der Waals surface area contributed by atoms with E-state index in [0.717, 1.165) is 28.4 Å². The molecular weight excluding hydrogens is 346 g/mol. The fourth-order valence-electron chi connectivity index (χ4n) is 2.91. The maximum absolute atomic E-state index is 11.6. The van der Waals surface area contributed by atoms with Crippen LogP contribution in [0.15, 0.2) is 48.5 Å². The van der Waals surface area contributed by atoms with Crippen LogP contribution >= 0.6 is 0 Å². The van der Waals surface area contributed by atoms with Gasteiger partial charge in [0.25, 0.3) is 0 Å². The van der Waals surface area contributed by atoms with Gasteiger partial charge in [0.05, 0.1) is 37.8 Å². The Morgan fingerprint density at radius 3 is 2.70 bits per heavy atom. The lowest BCUT2D eigenvalue weighted by molar-refractivity contribution is 0.166. The number of aromatic nitrogens is 2. The topological polar surface area (TPSA) is 74.6 Å². The summed E-state index contributed by atoms with van der Waals surface area (Å²) in [6.07, 6.45) is -0.492. The van der Waals surface area contributed by atoms with Crippen LogP contribution in [0.4, 0.5) is 4.79 Å². The van der Waals surface area contributed by atoms with E-state index in [9.17, 15) is 4.79 Å². The summed E-state index contributed by atoms with van der Waals surface area (Å²) in [6, 6.07) is 15.0. The highest BCUT2D eigenvalue weighted by atomic mass is 16.5. The molecule has 7 nitrogen and oxygen atoms in total. The molecule has 3 aromatic rings. The summed E-state index contributed by atoms with van der Waals surface area (Å²) in [7, 11) is 2.96. The van der Waals surface area contributed by atoms with Crippen molar-refractivity contribution in [2.24, 2.45) is 0 Å². The van der Waals surface area contributed by atoms with E-state index in [1.54, 1.807) is 7.11 Å². The van der Waals surface area contributed by atoms with Crippen molar-refractivity contribution in [2.75, 3.05) is 20.8 Å². The summed E-state index contributed by atoms with van der Waals surface area (Å²) in [6.45, 7) is 2.91. The van der Waals surface area contributed by atoms with E-state index in [1.807, 2.05) is 55.5 Å². The third kappa shape index (κ3) is 4.31. The zero-order valence-electron chi connectivity index (χ0n) is 15.6. The number of benzene rings is 2. The van der Waals surface area contributed by atoms with E-state index in [0.29, 0.717) is 13.2 Å². The quantitative estimate of drug-likeness (QED) is 0.689. The number of alkyl carbamates (subject to hydrolysis) is 1. The number of nitrogens with zero attached hydrogens (tertiary/aromatic N) is 2. The predicted octanol–water partition coefficient (Wildman–Crippen LogP) is 3.54. The first-order chi connectivity index (χ1) is 13.1. The molecule has 7 heteroatoms. The molecule has 0 radical (unpaired) electrons. The summed E-state index contributed by atoms with van der Waals surface area (Å²) < 4.78 is 17.8. The highest BCUT2D eigenvalue weighted by Gasteiger charge is 2.18. The molecule has 0 aliphatic heterocycles. The number of amides is 1. The van der Waals surface area contributed by atoms with Crippen LogP contribution in [0.1, 0.15) is 18.8 Å². The molecule has 1 amide bonds. The standard InChI is InChI=1S/C20H23N3O4/c1-14(21-20(24)26-3)19-22-17-9-4-5-10-18(17)23(19)11-12-27-16-8-6-7-15(13-16)25-2/h4-10,13-14H,11-12H2,1-3H3,(H,21,24). The monoisotopic (exact) mass is 369 g/mol. The summed E-state index contributed by atoms with van der Waals surface area (Å²) in [5.74, 6) is 2.23. The van der Waals surface area contributed by atoms with Gasteiger partial charge in [-0.15, -0.1) is 0 Å². The number of nitrogens with one attached hydrogen (secondary N) is 1. The number of hydrogen-bond acceptors (Lipinski definition) is 5. The SMILES string of the molecule is COC(=O)NC(C)c1nc2ccccc2n1CCOc1cccc(OC)c1. The number of carbonyl (C=O) groups excluding carboxylic acids is 1. The average molecular weight is 369 g/mol. The van der Waals surface area contributed by atoms with E-state index in [1.165, 1.54) is 7.11 Å². The van der Waals surface area contributed by atoms with Gasteiger partial charge in [-0.05, 0) is 31.2 Å². The number of para-hydroxylation sites is 2. The normalized spacial score (nSPS) is 11.8. The predicted molar refractivity (Wildman–Crippen MR) is 102 cm³/mol. The van der Waals surface area contributed by atoms with Gasteiger partial charge >= 0.3 is 6.09 Å². The van der Waals surface area contributed by atoms with Crippen molar-refractivity contribution >= 4 is 17.1 Å². The molecule has 0 saturated carbocycles. The van der Waals surface area contributed by atoms with Gasteiger partial charge < -0.3 is 24.1 Å². The molecule has 0 fully saturated rings. The minimum absolute atomic E-state index is 0.304. The zero-order valence-corrected chi connectivity index (χ0v) is 15.6. The first-order valence-electron chi connectivity index (χ1n) is 8.69. The molecule has 0 aliphatic carbocycles. The maximum Gasteiger partial charge on any atom is 0.407 e. The Labute approximate surface area is 157 Å². The second-order valence-corrected chi connectivity index (χ2v) is 6.00. The minimum Gasteiger partial charge on any atom is -0.497 e. The molecule has 2 aromatic carbocycles. The van der Waals surface area contributed by atoms with Gasteiger partial charge in [-0.1, -0.05) is 18.2 Å². The summed E-state index contributed by atoms with van der Waals surface area (Å²) >= 11 is 0. The molecule has 27 heavy (non-hydrogen) atoms.